The Bertz CT molecular complexity index is 1400. The summed E-state index contributed by atoms with van der Waals surface area (Å²) in [5.41, 5.74) is -1.72. The largest absolute Gasteiger partial charge is 0.461 e. The third-order valence-electron chi connectivity index (χ3n) is 4.37. The van der Waals surface area contributed by atoms with Gasteiger partial charge in [0.1, 0.15) is 4.90 Å². The molecule has 180 valence electrons. The zero-order chi connectivity index (χ0) is 25.3. The molecule has 0 atom stereocenters. The maximum absolute atomic E-state index is 13.1. The Kier molecular flexibility index (Phi) is 7.03. The van der Waals surface area contributed by atoms with Gasteiger partial charge in [-0.05, 0) is 44.2 Å². The van der Waals surface area contributed by atoms with Crippen LogP contribution >= 0.6 is 11.6 Å². The molecule has 0 unspecified atom stereocenters. The molecular formula is C21H16ClF3N2O6S. The number of hydrogen-bond donors (Lipinski definition) is 0. The molecule has 0 saturated heterocycles. The second-order valence-electron chi connectivity index (χ2n) is 6.84. The van der Waals surface area contributed by atoms with Gasteiger partial charge in [0, 0.05) is 0 Å². The fourth-order valence-corrected chi connectivity index (χ4v) is 4.18. The summed E-state index contributed by atoms with van der Waals surface area (Å²) in [4.78, 5) is 24.1. The number of ether oxygens (including phenoxy) is 1. The van der Waals surface area contributed by atoms with Crippen molar-refractivity contribution in [3.8, 4) is 11.4 Å². The summed E-state index contributed by atoms with van der Waals surface area (Å²) in [5.74, 6) is -1.95. The molecule has 0 bridgehead atoms. The molecular weight excluding hydrogens is 501 g/mol. The molecule has 0 spiro atoms. The summed E-state index contributed by atoms with van der Waals surface area (Å²) < 4.78 is 75.3. The van der Waals surface area contributed by atoms with Crippen LogP contribution in [0.2, 0.25) is 5.02 Å². The van der Waals surface area contributed by atoms with E-state index in [0.29, 0.717) is 12.1 Å². The number of carbonyl (C=O) groups is 1. The Morgan fingerprint density at radius 3 is 2.35 bits per heavy atom. The second kappa shape index (κ2) is 9.47. The first-order chi connectivity index (χ1) is 15.8. The summed E-state index contributed by atoms with van der Waals surface area (Å²) in [6, 6.07) is 8.71. The van der Waals surface area contributed by atoms with Gasteiger partial charge in [0.15, 0.2) is 5.75 Å². The first-order valence-electron chi connectivity index (χ1n) is 9.53. The van der Waals surface area contributed by atoms with E-state index >= 15 is 0 Å². The monoisotopic (exact) mass is 516 g/mol. The van der Waals surface area contributed by atoms with Gasteiger partial charge in [-0.2, -0.15) is 31.4 Å². The van der Waals surface area contributed by atoms with E-state index in [0.717, 1.165) is 16.3 Å². The molecule has 8 nitrogen and oxygen atoms in total. The maximum Gasteiger partial charge on any atom is 0.416 e. The molecule has 34 heavy (non-hydrogen) atoms. The summed E-state index contributed by atoms with van der Waals surface area (Å²) in [6.07, 6.45) is -4.86. The number of hydrogen-bond acceptors (Lipinski definition) is 7. The van der Waals surface area contributed by atoms with Gasteiger partial charge in [0.2, 0.25) is 5.69 Å². The van der Waals surface area contributed by atoms with Crippen LogP contribution in [0, 0.1) is 6.92 Å². The minimum absolute atomic E-state index is 0.115. The van der Waals surface area contributed by atoms with Gasteiger partial charge in [0.25, 0.3) is 5.56 Å². The number of halogens is 4. The van der Waals surface area contributed by atoms with Gasteiger partial charge >= 0.3 is 22.3 Å². The van der Waals surface area contributed by atoms with Gasteiger partial charge in [-0.3, -0.25) is 4.79 Å². The fourth-order valence-electron chi connectivity index (χ4n) is 2.75. The van der Waals surface area contributed by atoms with E-state index in [4.69, 9.17) is 20.5 Å². The van der Waals surface area contributed by atoms with E-state index in [1.165, 1.54) is 6.92 Å². The number of nitrogens with zero attached hydrogens (tertiary/aromatic N) is 2. The number of alkyl halides is 3. The average molecular weight is 517 g/mol. The molecule has 13 heteroatoms. The van der Waals surface area contributed by atoms with Crippen molar-refractivity contribution < 1.29 is 35.3 Å². The lowest BCUT2D eigenvalue weighted by atomic mass is 10.2. The van der Waals surface area contributed by atoms with Crippen LogP contribution in [-0.4, -0.2) is 30.8 Å². The molecule has 0 radical (unpaired) electrons. The quantitative estimate of drug-likeness (QED) is 0.358. The molecule has 2 aromatic carbocycles. The van der Waals surface area contributed by atoms with Crippen LogP contribution in [0.25, 0.3) is 5.69 Å². The topological polar surface area (TPSA) is 105 Å². The molecule has 3 aromatic rings. The smallest absolute Gasteiger partial charge is 0.416 e. The van der Waals surface area contributed by atoms with E-state index in [9.17, 15) is 31.2 Å². The summed E-state index contributed by atoms with van der Waals surface area (Å²) >= 11 is 5.80. The highest BCUT2D eigenvalue weighted by Crippen LogP contribution is 2.34. The second-order valence-corrected chi connectivity index (χ2v) is 8.77. The molecule has 0 saturated carbocycles. The predicted octanol–water partition coefficient (Wildman–Crippen LogP) is 4.16. The molecule has 0 fully saturated rings. The third-order valence-corrected chi connectivity index (χ3v) is 6.09. The van der Waals surface area contributed by atoms with Crippen LogP contribution in [0.5, 0.6) is 5.75 Å². The maximum atomic E-state index is 13.1. The van der Waals surface area contributed by atoms with Crippen molar-refractivity contribution >= 4 is 27.7 Å². The highest BCUT2D eigenvalue weighted by atomic mass is 35.5. The minimum Gasteiger partial charge on any atom is -0.461 e. The molecule has 0 aliphatic carbocycles. The van der Waals surface area contributed by atoms with Crippen LogP contribution in [0.4, 0.5) is 13.2 Å². The van der Waals surface area contributed by atoms with E-state index in [2.05, 4.69) is 5.10 Å². The lowest BCUT2D eigenvalue weighted by molar-refractivity contribution is -0.137. The van der Waals surface area contributed by atoms with Crippen LogP contribution in [0.3, 0.4) is 0 Å². The van der Waals surface area contributed by atoms with Crippen LogP contribution in [0.15, 0.2) is 58.2 Å². The average Bonchev–Trinajstić information content (AvgIpc) is 2.74. The van der Waals surface area contributed by atoms with E-state index in [1.54, 1.807) is 24.3 Å². The zero-order valence-electron chi connectivity index (χ0n) is 17.6. The highest BCUT2D eigenvalue weighted by molar-refractivity contribution is 7.87. The summed E-state index contributed by atoms with van der Waals surface area (Å²) in [6.45, 7) is 3.17. The van der Waals surface area contributed by atoms with Gasteiger partial charge in [0.05, 0.1) is 28.9 Å². The van der Waals surface area contributed by atoms with E-state index in [1.807, 2.05) is 6.92 Å². The van der Waals surface area contributed by atoms with Gasteiger partial charge in [-0.25, -0.2) is 4.79 Å². The standard InChI is InChI=1S/C21H16ClF3N2O6S/c1-3-32-20(29)19-16(11-18(28)27(26-19)14-7-4-12(2)5-8-14)33-34(30,31)17-10-13(21(23,24)25)6-9-15(17)22/h4-11H,3H2,1-2H3. The molecule has 0 aliphatic heterocycles. The molecule has 0 amide bonds. The normalized spacial score (nSPS) is 11.8. The summed E-state index contributed by atoms with van der Waals surface area (Å²) in [5, 5.41) is 3.31. The number of esters is 1. The third kappa shape index (κ3) is 5.39. The molecule has 0 N–H and O–H groups in total. The van der Waals surface area contributed by atoms with Crippen molar-refractivity contribution in [1.29, 1.82) is 0 Å². The van der Waals surface area contributed by atoms with Crippen molar-refractivity contribution in [3.05, 3.63) is 80.7 Å². The Hall–Kier alpha value is -3.38. The van der Waals surface area contributed by atoms with Gasteiger partial charge in [-0.1, -0.05) is 29.3 Å². The van der Waals surface area contributed by atoms with Crippen molar-refractivity contribution in [1.82, 2.24) is 9.78 Å². The Morgan fingerprint density at radius 1 is 1.12 bits per heavy atom. The predicted molar refractivity (Wildman–Crippen MR) is 115 cm³/mol. The minimum atomic E-state index is -5.03. The molecule has 1 aromatic heterocycles. The van der Waals surface area contributed by atoms with Gasteiger partial charge in [-0.15, -0.1) is 0 Å². The van der Waals surface area contributed by atoms with Crippen molar-refractivity contribution in [2.45, 2.75) is 24.9 Å². The summed E-state index contributed by atoms with van der Waals surface area (Å²) in [7, 11) is -5.03. The number of rotatable bonds is 6. The Balaban J connectivity index is 2.14. The SMILES string of the molecule is CCOC(=O)c1nn(-c2ccc(C)cc2)c(=O)cc1OS(=O)(=O)c1cc(C(F)(F)F)ccc1Cl. The first-order valence-corrected chi connectivity index (χ1v) is 11.3. The molecule has 3 rings (SSSR count). The van der Waals surface area contributed by atoms with Crippen LogP contribution in [0.1, 0.15) is 28.5 Å². The number of aromatic nitrogens is 2. The highest BCUT2D eigenvalue weighted by Gasteiger charge is 2.34. The molecule has 0 aliphatic rings. The van der Waals surface area contributed by atoms with Crippen molar-refractivity contribution in [3.63, 3.8) is 0 Å². The van der Waals surface area contributed by atoms with E-state index in [-0.39, 0.29) is 18.4 Å². The lowest BCUT2D eigenvalue weighted by Gasteiger charge is -2.14. The van der Waals surface area contributed by atoms with Crippen LogP contribution in [-0.2, 0) is 21.0 Å². The number of carbonyl (C=O) groups excluding carboxylic acids is 1. The van der Waals surface area contributed by atoms with Gasteiger partial charge < -0.3 is 8.92 Å². The first kappa shape index (κ1) is 25.2. The Morgan fingerprint density at radius 2 is 1.76 bits per heavy atom. The van der Waals surface area contributed by atoms with Crippen molar-refractivity contribution in [2.75, 3.05) is 6.61 Å². The zero-order valence-corrected chi connectivity index (χ0v) is 19.2. The molecule has 1 heterocycles. The fraction of sp³-hybridized carbons (Fsp3) is 0.190. The Labute approximate surface area is 196 Å². The van der Waals surface area contributed by atoms with Crippen LogP contribution < -0.4 is 9.74 Å². The van der Waals surface area contributed by atoms with E-state index < -0.39 is 54.7 Å². The number of aryl methyl sites for hydroxylation is 1. The lowest BCUT2D eigenvalue weighted by Crippen LogP contribution is -2.26. The van der Waals surface area contributed by atoms with Crippen molar-refractivity contribution in [2.24, 2.45) is 0 Å². The number of benzene rings is 2.